The van der Waals surface area contributed by atoms with E-state index in [1.807, 2.05) is 0 Å². The Kier molecular flexibility index (Phi) is 4.74. The molecule has 15 heavy (non-hydrogen) atoms. The molecule has 0 fully saturated rings. The van der Waals surface area contributed by atoms with E-state index < -0.39 is 12.0 Å². The lowest BCUT2D eigenvalue weighted by atomic mass is 10.1. The number of carboxylic acid groups (broad SMARTS) is 1. The minimum Gasteiger partial charge on any atom is -0.480 e. The van der Waals surface area contributed by atoms with E-state index in [1.165, 1.54) is 0 Å². The Hall–Kier alpha value is -0.910. The number of halogens is 1. The van der Waals surface area contributed by atoms with Crippen LogP contribution in [0.5, 0.6) is 0 Å². The van der Waals surface area contributed by atoms with Crippen LogP contribution in [0.4, 0.5) is 0 Å². The monoisotopic (exact) mass is 273 g/mol. The summed E-state index contributed by atoms with van der Waals surface area (Å²) in [5.41, 5.74) is 0.666. The van der Waals surface area contributed by atoms with E-state index in [-0.39, 0.29) is 13.2 Å². The number of hydrogen-bond donors (Lipinski definition) is 3. The Morgan fingerprint density at radius 3 is 2.47 bits per heavy atom. The van der Waals surface area contributed by atoms with Crippen molar-refractivity contribution in [3.05, 3.63) is 34.3 Å². The molecule has 1 unspecified atom stereocenters. The quantitative estimate of drug-likeness (QED) is 0.753. The first-order chi connectivity index (χ1) is 7.15. The number of aliphatic hydroxyl groups excluding tert-OH is 1. The third-order valence-corrected chi connectivity index (χ3v) is 2.44. The van der Waals surface area contributed by atoms with Gasteiger partial charge in [-0.1, -0.05) is 28.1 Å². The van der Waals surface area contributed by atoms with Crippen molar-refractivity contribution in [2.24, 2.45) is 0 Å². The predicted molar refractivity (Wildman–Crippen MR) is 59.6 cm³/mol. The average molecular weight is 274 g/mol. The normalized spacial score (nSPS) is 12.4. The first-order valence-corrected chi connectivity index (χ1v) is 5.27. The second-order valence-corrected chi connectivity index (χ2v) is 3.92. The van der Waals surface area contributed by atoms with Crippen LogP contribution in [0, 0.1) is 0 Å². The van der Waals surface area contributed by atoms with Crippen molar-refractivity contribution in [3.8, 4) is 0 Å². The van der Waals surface area contributed by atoms with Crippen molar-refractivity contribution in [2.45, 2.75) is 6.04 Å². The third-order valence-electron chi connectivity index (χ3n) is 1.91. The zero-order valence-electron chi connectivity index (χ0n) is 7.98. The van der Waals surface area contributed by atoms with E-state index >= 15 is 0 Å². The molecular formula is C10H12BrNO3. The van der Waals surface area contributed by atoms with E-state index in [1.54, 1.807) is 24.3 Å². The van der Waals surface area contributed by atoms with Crippen LogP contribution < -0.4 is 5.32 Å². The molecule has 3 N–H and O–H groups in total. The maximum Gasteiger partial charge on any atom is 0.325 e. The summed E-state index contributed by atoms with van der Waals surface area (Å²) >= 11 is 3.28. The standard InChI is InChI=1S/C10H12BrNO3/c11-8-3-1-7(2-4-8)9(10(14)15)12-5-6-13/h1-4,9,12-13H,5-6H2,(H,14,15). The van der Waals surface area contributed by atoms with Gasteiger partial charge in [-0.05, 0) is 17.7 Å². The van der Waals surface area contributed by atoms with Gasteiger partial charge >= 0.3 is 5.97 Å². The minimum atomic E-state index is -0.953. The molecule has 0 amide bonds. The summed E-state index contributed by atoms with van der Waals surface area (Å²) in [7, 11) is 0. The Bertz CT molecular complexity index is 326. The number of aliphatic carboxylic acids is 1. The number of carboxylic acids is 1. The molecule has 1 aromatic carbocycles. The molecular weight excluding hydrogens is 262 g/mol. The van der Waals surface area contributed by atoms with Gasteiger partial charge in [0.05, 0.1) is 6.61 Å². The zero-order chi connectivity index (χ0) is 11.3. The van der Waals surface area contributed by atoms with Gasteiger partial charge in [-0.15, -0.1) is 0 Å². The molecule has 0 radical (unpaired) electrons. The van der Waals surface area contributed by atoms with Gasteiger partial charge < -0.3 is 10.2 Å². The molecule has 0 aromatic heterocycles. The molecule has 0 aliphatic rings. The van der Waals surface area contributed by atoms with Crippen molar-refractivity contribution in [2.75, 3.05) is 13.2 Å². The maximum atomic E-state index is 10.9. The molecule has 1 atom stereocenters. The number of nitrogens with one attached hydrogen (secondary N) is 1. The summed E-state index contributed by atoms with van der Waals surface area (Å²) in [6, 6.07) is 6.25. The topological polar surface area (TPSA) is 69.6 Å². The first kappa shape index (κ1) is 12.2. The van der Waals surface area contributed by atoms with Crippen molar-refractivity contribution in [1.82, 2.24) is 5.32 Å². The van der Waals surface area contributed by atoms with Crippen molar-refractivity contribution >= 4 is 21.9 Å². The van der Waals surface area contributed by atoms with Crippen molar-refractivity contribution in [1.29, 1.82) is 0 Å². The lowest BCUT2D eigenvalue weighted by molar-refractivity contribution is -0.139. The molecule has 0 heterocycles. The molecule has 0 bridgehead atoms. The highest BCUT2D eigenvalue weighted by atomic mass is 79.9. The third kappa shape index (κ3) is 3.62. The second-order valence-electron chi connectivity index (χ2n) is 3.00. The molecule has 0 aliphatic heterocycles. The van der Waals surface area contributed by atoms with Crippen LogP contribution in [-0.2, 0) is 4.79 Å². The number of carbonyl (C=O) groups is 1. The van der Waals surface area contributed by atoms with Gasteiger partial charge in [-0.3, -0.25) is 10.1 Å². The largest absolute Gasteiger partial charge is 0.480 e. The molecule has 4 nitrogen and oxygen atoms in total. The fraction of sp³-hybridized carbons (Fsp3) is 0.300. The zero-order valence-corrected chi connectivity index (χ0v) is 9.57. The van der Waals surface area contributed by atoms with E-state index in [2.05, 4.69) is 21.2 Å². The Labute approximate surface area is 96.1 Å². The Morgan fingerprint density at radius 1 is 1.40 bits per heavy atom. The Morgan fingerprint density at radius 2 is 2.00 bits per heavy atom. The molecule has 0 aliphatic carbocycles. The van der Waals surface area contributed by atoms with Crippen LogP contribution in [0.25, 0.3) is 0 Å². The summed E-state index contributed by atoms with van der Waals surface area (Å²) in [6.45, 7) is 0.174. The summed E-state index contributed by atoms with van der Waals surface area (Å²) in [5.74, 6) is -0.953. The lowest BCUT2D eigenvalue weighted by Crippen LogP contribution is -2.30. The van der Waals surface area contributed by atoms with Gasteiger partial charge in [0.15, 0.2) is 0 Å². The fourth-order valence-corrected chi connectivity index (χ4v) is 1.48. The molecule has 0 saturated carbocycles. The van der Waals surface area contributed by atoms with Crippen LogP contribution in [0.15, 0.2) is 28.7 Å². The maximum absolute atomic E-state index is 10.9. The van der Waals surface area contributed by atoms with Crippen molar-refractivity contribution < 1.29 is 15.0 Å². The van der Waals surface area contributed by atoms with E-state index in [0.29, 0.717) is 5.56 Å². The van der Waals surface area contributed by atoms with Gasteiger partial charge in [-0.2, -0.15) is 0 Å². The average Bonchev–Trinajstić information content (AvgIpc) is 2.21. The number of rotatable bonds is 5. The Balaban J connectivity index is 2.79. The lowest BCUT2D eigenvalue weighted by Gasteiger charge is -2.13. The van der Waals surface area contributed by atoms with Gasteiger partial charge in [0, 0.05) is 11.0 Å². The van der Waals surface area contributed by atoms with Gasteiger partial charge in [-0.25, -0.2) is 0 Å². The van der Waals surface area contributed by atoms with Crippen LogP contribution in [0.3, 0.4) is 0 Å². The molecule has 1 aromatic rings. The fourth-order valence-electron chi connectivity index (χ4n) is 1.21. The van der Waals surface area contributed by atoms with Crippen LogP contribution >= 0.6 is 15.9 Å². The molecule has 0 spiro atoms. The molecule has 82 valence electrons. The predicted octanol–water partition coefficient (Wildman–Crippen LogP) is 1.16. The summed E-state index contributed by atoms with van der Waals surface area (Å²) in [5, 5.41) is 20.3. The smallest absolute Gasteiger partial charge is 0.325 e. The molecule has 5 heteroatoms. The SMILES string of the molecule is O=C(O)C(NCCO)c1ccc(Br)cc1. The summed E-state index contributed by atoms with van der Waals surface area (Å²) < 4.78 is 0.901. The number of aliphatic hydroxyl groups is 1. The highest BCUT2D eigenvalue weighted by molar-refractivity contribution is 9.10. The van der Waals surface area contributed by atoms with E-state index in [0.717, 1.165) is 4.47 Å². The molecule has 0 saturated heterocycles. The highest BCUT2D eigenvalue weighted by Crippen LogP contribution is 2.16. The van der Waals surface area contributed by atoms with Crippen LogP contribution in [0.1, 0.15) is 11.6 Å². The summed E-state index contributed by atoms with van der Waals surface area (Å²) in [4.78, 5) is 10.9. The van der Waals surface area contributed by atoms with E-state index in [4.69, 9.17) is 10.2 Å². The van der Waals surface area contributed by atoms with Crippen LogP contribution in [-0.4, -0.2) is 29.3 Å². The van der Waals surface area contributed by atoms with Gasteiger partial charge in [0.25, 0.3) is 0 Å². The van der Waals surface area contributed by atoms with Crippen molar-refractivity contribution in [3.63, 3.8) is 0 Å². The highest BCUT2D eigenvalue weighted by Gasteiger charge is 2.18. The number of benzene rings is 1. The molecule has 1 rings (SSSR count). The van der Waals surface area contributed by atoms with Gasteiger partial charge in [0.2, 0.25) is 0 Å². The van der Waals surface area contributed by atoms with Gasteiger partial charge in [0.1, 0.15) is 6.04 Å². The second kappa shape index (κ2) is 5.85. The van der Waals surface area contributed by atoms with Crippen LogP contribution in [0.2, 0.25) is 0 Å². The summed E-state index contributed by atoms with van der Waals surface area (Å²) in [6.07, 6.45) is 0. The first-order valence-electron chi connectivity index (χ1n) is 4.47. The number of hydrogen-bond acceptors (Lipinski definition) is 3. The van der Waals surface area contributed by atoms with E-state index in [9.17, 15) is 4.79 Å². The minimum absolute atomic E-state index is 0.0830.